The fourth-order valence-electron chi connectivity index (χ4n) is 6.44. The first-order valence-corrected chi connectivity index (χ1v) is 14.2. The van der Waals surface area contributed by atoms with Gasteiger partial charge in [0, 0.05) is 36.2 Å². The molecule has 38 heavy (non-hydrogen) atoms. The summed E-state index contributed by atoms with van der Waals surface area (Å²) in [5.74, 6) is 0. The third-order valence-corrected chi connectivity index (χ3v) is 9.88. The number of hydrogen-bond acceptors (Lipinski definition) is 1. The lowest BCUT2D eigenvalue weighted by atomic mass is 9.73. The lowest BCUT2D eigenvalue weighted by Gasteiger charge is -2.29. The van der Waals surface area contributed by atoms with Crippen molar-refractivity contribution in [2.75, 3.05) is 0 Å². The molecule has 0 N–H and O–H groups in total. The van der Waals surface area contributed by atoms with Gasteiger partial charge in [-0.1, -0.05) is 96.5 Å². The van der Waals surface area contributed by atoms with Gasteiger partial charge in [-0.25, -0.2) is 0 Å². The first-order valence-electron chi connectivity index (χ1n) is 13.0. The van der Waals surface area contributed by atoms with E-state index in [1.807, 2.05) is 17.4 Å². The van der Waals surface area contributed by atoms with Crippen molar-refractivity contribution >= 4 is 53.9 Å². The van der Waals surface area contributed by atoms with E-state index in [0.29, 0.717) is 0 Å². The van der Waals surface area contributed by atoms with Crippen molar-refractivity contribution < 1.29 is 0 Å². The van der Waals surface area contributed by atoms with Crippen molar-refractivity contribution in [2.45, 2.75) is 12.3 Å². The Hall–Kier alpha value is -3.91. The third kappa shape index (κ3) is 3.04. The topological polar surface area (TPSA) is 0 Å². The lowest BCUT2D eigenvalue weighted by Crippen LogP contribution is -2.22. The number of rotatable bonds is 2. The van der Waals surface area contributed by atoms with Crippen molar-refractivity contribution in [1.82, 2.24) is 0 Å². The van der Waals surface area contributed by atoms with Crippen molar-refractivity contribution in [2.24, 2.45) is 0 Å². The fraction of sp³-hybridized carbons (Fsp3) is 0.0556. The van der Waals surface area contributed by atoms with E-state index in [4.69, 9.17) is 11.6 Å². The summed E-state index contributed by atoms with van der Waals surface area (Å²) in [6.07, 6.45) is 0. The smallest absolute Gasteiger partial charge is 0.0487 e. The van der Waals surface area contributed by atoms with Crippen LogP contribution >= 0.6 is 22.9 Å². The van der Waals surface area contributed by atoms with Gasteiger partial charge in [-0.2, -0.15) is 0 Å². The molecular weight excluding hydrogens is 500 g/mol. The number of thiophene rings is 1. The van der Waals surface area contributed by atoms with Gasteiger partial charge in [0.05, 0.1) is 0 Å². The molecule has 0 saturated carbocycles. The average Bonchev–Trinajstić information content (AvgIpc) is 3.46. The second-order valence-electron chi connectivity index (χ2n) is 10.4. The van der Waals surface area contributed by atoms with Gasteiger partial charge in [0.15, 0.2) is 0 Å². The zero-order valence-corrected chi connectivity index (χ0v) is 22.4. The molecule has 2 heteroatoms. The predicted octanol–water partition coefficient (Wildman–Crippen LogP) is 10.9. The average molecular weight is 523 g/mol. The minimum atomic E-state index is -0.286. The summed E-state index contributed by atoms with van der Waals surface area (Å²) < 4.78 is 2.66. The molecule has 0 fully saturated rings. The molecule has 0 spiro atoms. The summed E-state index contributed by atoms with van der Waals surface area (Å²) in [5.41, 5.74) is 8.42. The summed E-state index contributed by atoms with van der Waals surface area (Å²) in [6, 6.07) is 44.3. The Kier molecular flexibility index (Phi) is 4.68. The zero-order valence-electron chi connectivity index (χ0n) is 20.8. The zero-order chi connectivity index (χ0) is 25.4. The Bertz CT molecular complexity index is 2060. The first-order chi connectivity index (χ1) is 18.6. The summed E-state index contributed by atoms with van der Waals surface area (Å²) in [6.45, 7) is 2.35. The quantitative estimate of drug-likeness (QED) is 0.212. The Balaban J connectivity index is 1.35. The van der Waals surface area contributed by atoms with Gasteiger partial charge in [-0.15, -0.1) is 11.3 Å². The molecule has 1 aromatic heterocycles. The minimum absolute atomic E-state index is 0.286. The molecule has 1 atom stereocenters. The molecule has 8 rings (SSSR count). The summed E-state index contributed by atoms with van der Waals surface area (Å²) >= 11 is 8.79. The van der Waals surface area contributed by atoms with Crippen molar-refractivity contribution in [1.29, 1.82) is 0 Å². The van der Waals surface area contributed by atoms with E-state index in [1.54, 1.807) is 0 Å². The number of halogens is 1. The molecule has 180 valence electrons. The van der Waals surface area contributed by atoms with Crippen LogP contribution < -0.4 is 0 Å². The Labute approximate surface area is 230 Å². The largest absolute Gasteiger partial charge is 0.135 e. The molecule has 0 aliphatic heterocycles. The van der Waals surface area contributed by atoms with Crippen LogP contribution in [0.4, 0.5) is 0 Å². The molecule has 0 nitrogen and oxygen atoms in total. The highest BCUT2D eigenvalue weighted by atomic mass is 35.5. The molecule has 1 aliphatic rings. The van der Waals surface area contributed by atoms with Crippen LogP contribution in [0.15, 0.2) is 121 Å². The van der Waals surface area contributed by atoms with Gasteiger partial charge in [0.25, 0.3) is 0 Å². The molecule has 0 saturated heterocycles. The molecule has 0 bridgehead atoms. The van der Waals surface area contributed by atoms with Crippen LogP contribution in [0.3, 0.4) is 0 Å². The van der Waals surface area contributed by atoms with Crippen LogP contribution in [0, 0.1) is 0 Å². The molecule has 0 radical (unpaired) electrons. The third-order valence-electron chi connectivity index (χ3n) is 8.42. The monoisotopic (exact) mass is 522 g/mol. The molecule has 7 aromatic rings. The van der Waals surface area contributed by atoms with Crippen molar-refractivity contribution in [3.05, 3.63) is 143 Å². The van der Waals surface area contributed by atoms with Crippen LogP contribution in [-0.4, -0.2) is 0 Å². The maximum Gasteiger partial charge on any atom is 0.0487 e. The van der Waals surface area contributed by atoms with Crippen molar-refractivity contribution in [3.63, 3.8) is 0 Å². The van der Waals surface area contributed by atoms with Crippen LogP contribution in [-0.2, 0) is 5.41 Å². The van der Waals surface area contributed by atoms with E-state index in [9.17, 15) is 0 Å². The Morgan fingerprint density at radius 3 is 2.26 bits per heavy atom. The predicted molar refractivity (Wildman–Crippen MR) is 165 cm³/mol. The van der Waals surface area contributed by atoms with Gasteiger partial charge >= 0.3 is 0 Å². The van der Waals surface area contributed by atoms with Crippen LogP contribution in [0.25, 0.3) is 53.2 Å². The number of fused-ring (bicyclic) bond motifs is 7. The molecular formula is C36H23ClS. The SMILES string of the molecule is CC1(c2ccc3ccccc3c2)c2ccc(-c3ccc4sc5ccccc5c4c3)cc2-c2c(Cl)cccc21. The van der Waals surface area contributed by atoms with E-state index in [2.05, 4.69) is 122 Å². The minimum Gasteiger partial charge on any atom is -0.135 e. The van der Waals surface area contributed by atoms with Crippen LogP contribution in [0.5, 0.6) is 0 Å². The maximum absolute atomic E-state index is 6.94. The number of benzene rings is 6. The highest BCUT2D eigenvalue weighted by Crippen LogP contribution is 2.55. The molecule has 0 amide bonds. The summed E-state index contributed by atoms with van der Waals surface area (Å²) in [5, 5.41) is 5.98. The van der Waals surface area contributed by atoms with Gasteiger partial charge in [-0.05, 0) is 87.5 Å². The lowest BCUT2D eigenvalue weighted by molar-refractivity contribution is 0.715. The van der Waals surface area contributed by atoms with E-state index in [0.717, 1.165) is 10.6 Å². The second kappa shape index (κ2) is 8.04. The molecule has 1 unspecified atom stereocenters. The van der Waals surface area contributed by atoms with Gasteiger partial charge in [0.1, 0.15) is 0 Å². The van der Waals surface area contributed by atoms with E-state index in [1.165, 1.54) is 64.3 Å². The molecule has 1 heterocycles. The van der Waals surface area contributed by atoms with Gasteiger partial charge in [-0.3, -0.25) is 0 Å². The van der Waals surface area contributed by atoms with E-state index in [-0.39, 0.29) is 5.41 Å². The Morgan fingerprint density at radius 1 is 0.579 bits per heavy atom. The van der Waals surface area contributed by atoms with Crippen LogP contribution in [0.2, 0.25) is 5.02 Å². The molecule has 6 aromatic carbocycles. The maximum atomic E-state index is 6.94. The van der Waals surface area contributed by atoms with Crippen molar-refractivity contribution in [3.8, 4) is 22.3 Å². The standard InChI is InChI=1S/C36H23ClS/c1-36(26-16-13-22-7-2-3-8-23(22)19-26)30-17-14-24(21-29(30)35-31(36)10-6-11-32(35)37)25-15-18-34-28(20-25)27-9-4-5-12-33(27)38-34/h2-21H,1H3. The second-order valence-corrected chi connectivity index (χ2v) is 11.9. The fourth-order valence-corrected chi connectivity index (χ4v) is 7.81. The van der Waals surface area contributed by atoms with Gasteiger partial charge < -0.3 is 0 Å². The van der Waals surface area contributed by atoms with E-state index < -0.39 is 0 Å². The van der Waals surface area contributed by atoms with Crippen LogP contribution in [0.1, 0.15) is 23.6 Å². The first kappa shape index (κ1) is 22.1. The summed E-state index contributed by atoms with van der Waals surface area (Å²) in [4.78, 5) is 0. The summed E-state index contributed by atoms with van der Waals surface area (Å²) in [7, 11) is 0. The van der Waals surface area contributed by atoms with E-state index >= 15 is 0 Å². The number of hydrogen-bond donors (Lipinski definition) is 0. The molecule has 1 aliphatic carbocycles. The normalized spacial score (nSPS) is 16.3. The van der Waals surface area contributed by atoms with Gasteiger partial charge in [0.2, 0.25) is 0 Å². The Morgan fingerprint density at radius 2 is 1.34 bits per heavy atom. The highest BCUT2D eigenvalue weighted by Gasteiger charge is 2.41. The highest BCUT2D eigenvalue weighted by molar-refractivity contribution is 7.25.